The lowest BCUT2D eigenvalue weighted by atomic mass is 9.77. The van der Waals surface area contributed by atoms with E-state index in [1.54, 1.807) is 0 Å². The first-order valence-corrected chi connectivity index (χ1v) is 7.58. The molecule has 1 atom stereocenters. The largest absolute Gasteiger partial charge is 0.378 e. The highest BCUT2D eigenvalue weighted by molar-refractivity contribution is 4.81. The van der Waals surface area contributed by atoms with E-state index in [0.717, 1.165) is 13.2 Å². The third-order valence-corrected chi connectivity index (χ3v) is 4.45. The summed E-state index contributed by atoms with van der Waals surface area (Å²) in [5, 5.41) is 3.61. The van der Waals surface area contributed by atoms with Crippen LogP contribution in [0.3, 0.4) is 0 Å². The van der Waals surface area contributed by atoms with Crippen molar-refractivity contribution in [2.45, 2.75) is 71.8 Å². The Morgan fingerprint density at radius 3 is 2.53 bits per heavy atom. The molecule has 0 aliphatic carbocycles. The van der Waals surface area contributed by atoms with Crippen LogP contribution >= 0.6 is 0 Å². The van der Waals surface area contributed by atoms with Gasteiger partial charge in [-0.05, 0) is 56.9 Å². The highest BCUT2D eigenvalue weighted by atomic mass is 16.5. The van der Waals surface area contributed by atoms with E-state index in [1.807, 2.05) is 0 Å². The molecule has 1 heterocycles. The van der Waals surface area contributed by atoms with E-state index in [4.69, 9.17) is 4.74 Å². The normalized spacial score (nSPS) is 21.0. The van der Waals surface area contributed by atoms with Gasteiger partial charge in [-0.25, -0.2) is 0 Å². The van der Waals surface area contributed by atoms with E-state index < -0.39 is 0 Å². The van der Waals surface area contributed by atoms with Gasteiger partial charge in [-0.15, -0.1) is 0 Å². The van der Waals surface area contributed by atoms with Crippen LogP contribution in [-0.4, -0.2) is 25.8 Å². The van der Waals surface area contributed by atoms with Crippen molar-refractivity contribution in [3.05, 3.63) is 0 Å². The maximum atomic E-state index is 5.74. The molecule has 17 heavy (non-hydrogen) atoms. The number of hydrogen-bond donors (Lipinski definition) is 1. The van der Waals surface area contributed by atoms with Crippen LogP contribution in [0.2, 0.25) is 0 Å². The van der Waals surface area contributed by atoms with E-state index in [-0.39, 0.29) is 0 Å². The topological polar surface area (TPSA) is 21.3 Å². The molecule has 0 aromatic carbocycles. The van der Waals surface area contributed by atoms with Gasteiger partial charge < -0.3 is 10.1 Å². The van der Waals surface area contributed by atoms with E-state index in [1.165, 1.54) is 51.5 Å². The molecule has 0 radical (unpaired) electrons. The standard InChI is InChI=1S/C15H31NO/c1-4-11-16-13-15(5-2,6-3)10-9-14-8-7-12-17-14/h14,16H,4-13H2,1-3H3. The van der Waals surface area contributed by atoms with Crippen LogP contribution in [0.25, 0.3) is 0 Å². The van der Waals surface area contributed by atoms with E-state index in [2.05, 4.69) is 26.1 Å². The molecule has 1 aliphatic heterocycles. The SMILES string of the molecule is CCCNCC(CC)(CC)CCC1CCCO1. The molecule has 1 aliphatic rings. The summed E-state index contributed by atoms with van der Waals surface area (Å²) in [7, 11) is 0. The van der Waals surface area contributed by atoms with Gasteiger partial charge in [0.25, 0.3) is 0 Å². The van der Waals surface area contributed by atoms with Crippen molar-refractivity contribution >= 4 is 0 Å². The van der Waals surface area contributed by atoms with Crippen molar-refractivity contribution in [3.63, 3.8) is 0 Å². The maximum absolute atomic E-state index is 5.74. The molecule has 0 saturated carbocycles. The summed E-state index contributed by atoms with van der Waals surface area (Å²) < 4.78 is 5.74. The Balaban J connectivity index is 2.33. The first kappa shape index (κ1) is 15.0. The van der Waals surface area contributed by atoms with Crippen molar-refractivity contribution < 1.29 is 4.74 Å². The van der Waals surface area contributed by atoms with Gasteiger partial charge in [-0.2, -0.15) is 0 Å². The Labute approximate surface area is 108 Å². The molecule has 0 bridgehead atoms. The van der Waals surface area contributed by atoms with Crippen molar-refractivity contribution in [1.82, 2.24) is 5.32 Å². The van der Waals surface area contributed by atoms with Crippen LogP contribution in [0.5, 0.6) is 0 Å². The number of ether oxygens (including phenoxy) is 1. The Morgan fingerprint density at radius 1 is 1.24 bits per heavy atom. The zero-order chi connectivity index (χ0) is 12.6. The van der Waals surface area contributed by atoms with E-state index in [0.29, 0.717) is 11.5 Å². The van der Waals surface area contributed by atoms with Crippen LogP contribution < -0.4 is 5.32 Å². The van der Waals surface area contributed by atoms with Crippen molar-refractivity contribution in [2.24, 2.45) is 5.41 Å². The Hall–Kier alpha value is -0.0800. The predicted molar refractivity (Wildman–Crippen MR) is 74.4 cm³/mol. The van der Waals surface area contributed by atoms with Crippen molar-refractivity contribution in [3.8, 4) is 0 Å². The molecule has 1 saturated heterocycles. The first-order chi connectivity index (χ1) is 8.26. The lowest BCUT2D eigenvalue weighted by Crippen LogP contribution is -2.34. The molecular weight excluding hydrogens is 210 g/mol. The van der Waals surface area contributed by atoms with Crippen LogP contribution in [-0.2, 0) is 4.74 Å². The van der Waals surface area contributed by atoms with Gasteiger partial charge in [0.15, 0.2) is 0 Å². The second-order valence-electron chi connectivity index (χ2n) is 5.56. The van der Waals surface area contributed by atoms with Gasteiger partial charge in [-0.1, -0.05) is 20.8 Å². The van der Waals surface area contributed by atoms with Crippen molar-refractivity contribution in [2.75, 3.05) is 19.7 Å². The molecule has 1 fully saturated rings. The average Bonchev–Trinajstić information content (AvgIpc) is 2.87. The van der Waals surface area contributed by atoms with Crippen LogP contribution in [0, 0.1) is 5.41 Å². The second-order valence-corrected chi connectivity index (χ2v) is 5.56. The highest BCUT2D eigenvalue weighted by Gasteiger charge is 2.27. The average molecular weight is 241 g/mol. The Morgan fingerprint density at radius 2 is 2.00 bits per heavy atom. The minimum absolute atomic E-state index is 0.501. The molecule has 1 N–H and O–H groups in total. The molecular formula is C15H31NO. The molecule has 0 spiro atoms. The fourth-order valence-corrected chi connectivity index (χ4v) is 2.81. The van der Waals surface area contributed by atoms with Gasteiger partial charge >= 0.3 is 0 Å². The molecule has 0 amide bonds. The summed E-state index contributed by atoms with van der Waals surface area (Å²) in [4.78, 5) is 0. The van der Waals surface area contributed by atoms with Crippen molar-refractivity contribution in [1.29, 1.82) is 0 Å². The summed E-state index contributed by atoms with van der Waals surface area (Å²) in [6.07, 6.45) is 9.49. The molecule has 0 aromatic heterocycles. The third kappa shape index (κ3) is 4.97. The predicted octanol–water partition coefficient (Wildman–Crippen LogP) is 3.75. The zero-order valence-corrected chi connectivity index (χ0v) is 12.1. The lowest BCUT2D eigenvalue weighted by molar-refractivity contribution is 0.0845. The summed E-state index contributed by atoms with van der Waals surface area (Å²) in [6, 6.07) is 0. The zero-order valence-electron chi connectivity index (χ0n) is 12.1. The fourth-order valence-electron chi connectivity index (χ4n) is 2.81. The minimum atomic E-state index is 0.501. The summed E-state index contributed by atoms with van der Waals surface area (Å²) in [5.41, 5.74) is 0.501. The summed E-state index contributed by atoms with van der Waals surface area (Å²) >= 11 is 0. The molecule has 1 unspecified atom stereocenters. The maximum Gasteiger partial charge on any atom is 0.0576 e. The number of nitrogens with one attached hydrogen (secondary N) is 1. The quantitative estimate of drug-likeness (QED) is 0.621. The molecule has 2 nitrogen and oxygen atoms in total. The van der Waals surface area contributed by atoms with Gasteiger partial charge in [0, 0.05) is 13.2 Å². The van der Waals surface area contributed by atoms with Gasteiger partial charge in [0.1, 0.15) is 0 Å². The number of rotatable bonds is 9. The van der Waals surface area contributed by atoms with Gasteiger partial charge in [0.2, 0.25) is 0 Å². The molecule has 2 heteroatoms. The monoisotopic (exact) mass is 241 g/mol. The first-order valence-electron chi connectivity index (χ1n) is 7.58. The Kier molecular flexibility index (Phi) is 7.14. The minimum Gasteiger partial charge on any atom is -0.378 e. The van der Waals surface area contributed by atoms with E-state index >= 15 is 0 Å². The second kappa shape index (κ2) is 8.10. The van der Waals surface area contributed by atoms with Crippen LogP contribution in [0.15, 0.2) is 0 Å². The van der Waals surface area contributed by atoms with Crippen LogP contribution in [0.1, 0.15) is 65.7 Å². The number of hydrogen-bond acceptors (Lipinski definition) is 2. The summed E-state index contributed by atoms with van der Waals surface area (Å²) in [6.45, 7) is 10.2. The molecule has 1 rings (SSSR count). The molecule has 0 aromatic rings. The van der Waals surface area contributed by atoms with Gasteiger partial charge in [-0.3, -0.25) is 0 Å². The van der Waals surface area contributed by atoms with Gasteiger partial charge in [0.05, 0.1) is 6.10 Å². The van der Waals surface area contributed by atoms with Crippen LogP contribution in [0.4, 0.5) is 0 Å². The molecule has 102 valence electrons. The lowest BCUT2D eigenvalue weighted by Gasteiger charge is -2.33. The highest BCUT2D eigenvalue weighted by Crippen LogP contribution is 2.33. The Bertz CT molecular complexity index is 183. The smallest absolute Gasteiger partial charge is 0.0576 e. The van der Waals surface area contributed by atoms with E-state index in [9.17, 15) is 0 Å². The third-order valence-electron chi connectivity index (χ3n) is 4.45. The fraction of sp³-hybridized carbons (Fsp3) is 1.00. The summed E-state index contributed by atoms with van der Waals surface area (Å²) in [5.74, 6) is 0.